The zero-order valence-electron chi connectivity index (χ0n) is 7.61. The molecular weight excluding hydrogens is 375 g/mol. The number of halogens is 2. The molecule has 1 aromatic carbocycles. The first-order valence-corrected chi connectivity index (χ1v) is 6.16. The number of carbonyl (C=O) groups is 2. The van der Waals surface area contributed by atoms with E-state index < -0.39 is 10.8 Å². The Bertz CT molecular complexity index is 375. The molecule has 1 aromatic rings. The summed E-state index contributed by atoms with van der Waals surface area (Å²) in [5.41, 5.74) is 0.526. The van der Waals surface area contributed by atoms with Crippen LogP contribution < -0.4 is 0 Å². The van der Waals surface area contributed by atoms with E-state index >= 15 is 0 Å². The third kappa shape index (κ3) is 3.90. The maximum atomic E-state index is 11.7. The Morgan fingerprint density at radius 1 is 1.33 bits per heavy atom. The van der Waals surface area contributed by atoms with Gasteiger partial charge in [0, 0.05) is 9.13 Å². The standard InChI is InChI=1S/C10H8BrIO3/c11-8(5-9(13)14)10(15)6-1-3-7(12)4-2-6/h1-4,8H,5H2,(H,13,14). The van der Waals surface area contributed by atoms with Crippen LogP contribution in [0.5, 0.6) is 0 Å². The van der Waals surface area contributed by atoms with Crippen molar-refractivity contribution in [1.29, 1.82) is 0 Å². The summed E-state index contributed by atoms with van der Waals surface area (Å²) >= 11 is 5.21. The molecule has 0 aliphatic heterocycles. The van der Waals surface area contributed by atoms with Crippen molar-refractivity contribution in [3.8, 4) is 0 Å². The molecule has 3 nitrogen and oxygen atoms in total. The van der Waals surface area contributed by atoms with Crippen LogP contribution in [0.15, 0.2) is 24.3 Å². The zero-order valence-corrected chi connectivity index (χ0v) is 11.4. The number of carboxylic acid groups (broad SMARTS) is 1. The van der Waals surface area contributed by atoms with Gasteiger partial charge in [0.15, 0.2) is 5.78 Å². The maximum Gasteiger partial charge on any atom is 0.304 e. The van der Waals surface area contributed by atoms with E-state index in [-0.39, 0.29) is 12.2 Å². The van der Waals surface area contributed by atoms with Crippen molar-refractivity contribution < 1.29 is 14.7 Å². The number of ketones is 1. The molecule has 0 aromatic heterocycles. The monoisotopic (exact) mass is 382 g/mol. The van der Waals surface area contributed by atoms with Crippen LogP contribution in [0.3, 0.4) is 0 Å². The summed E-state index contributed by atoms with van der Waals surface area (Å²) in [6.45, 7) is 0. The molecule has 0 aliphatic carbocycles. The van der Waals surface area contributed by atoms with Crippen LogP contribution >= 0.6 is 38.5 Å². The molecule has 1 N–H and O–H groups in total. The largest absolute Gasteiger partial charge is 0.481 e. The fourth-order valence-corrected chi connectivity index (χ4v) is 1.94. The van der Waals surface area contributed by atoms with Crippen LogP contribution in [-0.2, 0) is 4.79 Å². The number of alkyl halides is 1. The average Bonchev–Trinajstić information content (AvgIpc) is 2.17. The number of hydrogen-bond acceptors (Lipinski definition) is 2. The zero-order chi connectivity index (χ0) is 11.4. The smallest absolute Gasteiger partial charge is 0.304 e. The predicted molar refractivity (Wildman–Crippen MR) is 68.5 cm³/mol. The summed E-state index contributed by atoms with van der Waals surface area (Å²) in [7, 11) is 0. The Hall–Kier alpha value is -0.430. The number of carbonyl (C=O) groups excluding carboxylic acids is 1. The van der Waals surface area contributed by atoms with Crippen molar-refractivity contribution >= 4 is 50.3 Å². The van der Waals surface area contributed by atoms with Gasteiger partial charge in [-0.25, -0.2) is 0 Å². The average molecular weight is 383 g/mol. The Kier molecular flexibility index (Phi) is 4.72. The molecule has 0 amide bonds. The van der Waals surface area contributed by atoms with E-state index in [4.69, 9.17) is 5.11 Å². The van der Waals surface area contributed by atoms with Gasteiger partial charge in [-0.3, -0.25) is 9.59 Å². The van der Waals surface area contributed by atoms with E-state index in [9.17, 15) is 9.59 Å². The fraction of sp³-hybridized carbons (Fsp3) is 0.200. The first-order valence-electron chi connectivity index (χ1n) is 4.16. The molecule has 5 heteroatoms. The molecule has 0 aliphatic rings. The third-order valence-corrected chi connectivity index (χ3v) is 3.23. The van der Waals surface area contributed by atoms with Gasteiger partial charge in [0.25, 0.3) is 0 Å². The van der Waals surface area contributed by atoms with Crippen molar-refractivity contribution in [1.82, 2.24) is 0 Å². The fourth-order valence-electron chi connectivity index (χ4n) is 1.04. The lowest BCUT2D eigenvalue weighted by Gasteiger charge is -2.05. The SMILES string of the molecule is O=C(O)CC(Br)C(=O)c1ccc(I)cc1. The van der Waals surface area contributed by atoms with Gasteiger partial charge in [0.2, 0.25) is 0 Å². The number of rotatable bonds is 4. The van der Waals surface area contributed by atoms with Crippen LogP contribution in [-0.4, -0.2) is 21.7 Å². The number of carboxylic acids is 1. The number of hydrogen-bond donors (Lipinski definition) is 1. The van der Waals surface area contributed by atoms with Crippen LogP contribution in [0.2, 0.25) is 0 Å². The van der Waals surface area contributed by atoms with Gasteiger partial charge in [0.05, 0.1) is 11.2 Å². The summed E-state index contributed by atoms with van der Waals surface area (Å²) in [5, 5.41) is 8.54. The lowest BCUT2D eigenvalue weighted by Crippen LogP contribution is -2.18. The summed E-state index contributed by atoms with van der Waals surface area (Å²) in [6.07, 6.45) is -0.204. The van der Waals surface area contributed by atoms with E-state index in [2.05, 4.69) is 38.5 Å². The second kappa shape index (κ2) is 5.60. The summed E-state index contributed by atoms with van der Waals surface area (Å²) in [4.78, 5) is 21.4. The highest BCUT2D eigenvalue weighted by atomic mass is 127. The molecule has 0 fully saturated rings. The highest BCUT2D eigenvalue weighted by Gasteiger charge is 2.19. The maximum absolute atomic E-state index is 11.7. The molecule has 0 heterocycles. The molecule has 0 saturated heterocycles. The van der Waals surface area contributed by atoms with Crippen molar-refractivity contribution in [3.63, 3.8) is 0 Å². The summed E-state index contributed by atoms with van der Waals surface area (Å²) in [6, 6.07) is 7.02. The molecule has 1 unspecified atom stereocenters. The third-order valence-electron chi connectivity index (χ3n) is 1.77. The topological polar surface area (TPSA) is 54.4 Å². The van der Waals surface area contributed by atoms with Gasteiger partial charge in [-0.1, -0.05) is 28.1 Å². The minimum absolute atomic E-state index is 0.200. The van der Waals surface area contributed by atoms with Gasteiger partial charge in [0.1, 0.15) is 0 Å². The van der Waals surface area contributed by atoms with Crippen molar-refractivity contribution in [2.45, 2.75) is 11.2 Å². The van der Waals surface area contributed by atoms with E-state index in [1.807, 2.05) is 12.1 Å². The van der Waals surface area contributed by atoms with Crippen LogP contribution in [0.1, 0.15) is 16.8 Å². The van der Waals surface area contributed by atoms with Crippen molar-refractivity contribution in [3.05, 3.63) is 33.4 Å². The molecule has 0 saturated carbocycles. The lowest BCUT2D eigenvalue weighted by atomic mass is 10.1. The Morgan fingerprint density at radius 3 is 2.33 bits per heavy atom. The molecule has 80 valence electrons. The second-order valence-electron chi connectivity index (χ2n) is 2.94. The van der Waals surface area contributed by atoms with E-state index in [1.54, 1.807) is 12.1 Å². The van der Waals surface area contributed by atoms with Gasteiger partial charge in [-0.2, -0.15) is 0 Å². The van der Waals surface area contributed by atoms with Gasteiger partial charge >= 0.3 is 5.97 Å². The molecule has 1 rings (SSSR count). The Morgan fingerprint density at radius 2 is 1.87 bits per heavy atom. The Labute approximate surface area is 109 Å². The van der Waals surface area contributed by atoms with Gasteiger partial charge in [-0.05, 0) is 34.7 Å². The van der Waals surface area contributed by atoms with Crippen molar-refractivity contribution in [2.75, 3.05) is 0 Å². The van der Waals surface area contributed by atoms with E-state index in [1.165, 1.54) is 0 Å². The number of Topliss-reactive ketones (excluding diaryl/α,β-unsaturated/α-hetero) is 1. The predicted octanol–water partition coefficient (Wildman–Crippen LogP) is 2.71. The Balaban J connectivity index is 2.76. The molecule has 0 spiro atoms. The minimum atomic E-state index is -0.990. The first-order chi connectivity index (χ1) is 7.00. The van der Waals surface area contributed by atoms with Gasteiger partial charge < -0.3 is 5.11 Å². The highest BCUT2D eigenvalue weighted by Crippen LogP contribution is 2.15. The van der Waals surface area contributed by atoms with Gasteiger partial charge in [-0.15, -0.1) is 0 Å². The van der Waals surface area contributed by atoms with E-state index in [0.717, 1.165) is 3.57 Å². The van der Waals surface area contributed by atoms with Crippen LogP contribution in [0.25, 0.3) is 0 Å². The molecule has 0 radical (unpaired) electrons. The molecule has 1 atom stereocenters. The highest BCUT2D eigenvalue weighted by molar-refractivity contribution is 14.1. The van der Waals surface area contributed by atoms with Crippen LogP contribution in [0, 0.1) is 3.57 Å². The quantitative estimate of drug-likeness (QED) is 0.495. The van der Waals surface area contributed by atoms with Crippen LogP contribution in [0.4, 0.5) is 0 Å². The number of benzene rings is 1. The second-order valence-corrected chi connectivity index (χ2v) is 5.29. The van der Waals surface area contributed by atoms with Crippen molar-refractivity contribution in [2.24, 2.45) is 0 Å². The lowest BCUT2D eigenvalue weighted by molar-refractivity contribution is -0.136. The normalized spacial score (nSPS) is 12.1. The summed E-state index contributed by atoms with van der Waals surface area (Å²) < 4.78 is 1.04. The first kappa shape index (κ1) is 12.6. The molecule has 0 bridgehead atoms. The molecular formula is C10H8BrIO3. The molecule has 15 heavy (non-hydrogen) atoms. The van der Waals surface area contributed by atoms with E-state index in [0.29, 0.717) is 5.56 Å². The minimum Gasteiger partial charge on any atom is -0.481 e. The number of aliphatic carboxylic acids is 1. The summed E-state index contributed by atoms with van der Waals surface area (Å²) in [5.74, 6) is -1.19.